The van der Waals surface area contributed by atoms with Gasteiger partial charge in [-0.2, -0.15) is 0 Å². The first kappa shape index (κ1) is 22.2. The fourth-order valence-electron chi connectivity index (χ4n) is 5.55. The number of benzene rings is 2. The van der Waals surface area contributed by atoms with Gasteiger partial charge in [0.25, 0.3) is 5.91 Å². The van der Waals surface area contributed by atoms with Crippen molar-refractivity contribution < 1.29 is 24.2 Å². The summed E-state index contributed by atoms with van der Waals surface area (Å²) >= 11 is 6.27. The third-order valence-corrected chi connectivity index (χ3v) is 7.87. The molecule has 3 aliphatic rings. The van der Waals surface area contributed by atoms with Crippen molar-refractivity contribution in [3.63, 3.8) is 0 Å². The molecule has 1 amide bonds. The number of carboxylic acids is 1. The van der Waals surface area contributed by atoms with Gasteiger partial charge in [-0.3, -0.25) is 4.79 Å². The van der Waals surface area contributed by atoms with Crippen molar-refractivity contribution in [3.8, 4) is 16.9 Å². The second kappa shape index (κ2) is 8.65. The molecule has 1 spiro atoms. The summed E-state index contributed by atoms with van der Waals surface area (Å²) in [6.07, 6.45) is 4.81. The van der Waals surface area contributed by atoms with Crippen LogP contribution in [0, 0.1) is 5.41 Å². The maximum Gasteiger partial charge on any atom is 0.335 e. The van der Waals surface area contributed by atoms with Gasteiger partial charge in [-0.1, -0.05) is 35.9 Å². The lowest BCUT2D eigenvalue weighted by Crippen LogP contribution is -2.44. The second-order valence-electron chi connectivity index (χ2n) is 9.41. The molecule has 2 aromatic rings. The Morgan fingerprint density at radius 3 is 2.52 bits per heavy atom. The average molecular weight is 470 g/mol. The standard InChI is InChI=1S/C26H28ClNO5/c1-32-23-19(13-18(25(30)31)14-21(23)27)16-4-6-17(7-5-16)20-15-26(20)8-10-28(11-9-26)24(29)22-3-2-12-33-22/h4-7,13-14,20,22H,2-3,8-12,15H2,1H3,(H,30,31)/t20-,22-/m1/s1. The Balaban J connectivity index is 1.28. The first-order valence-corrected chi connectivity index (χ1v) is 11.9. The van der Waals surface area contributed by atoms with Crippen LogP contribution in [0.4, 0.5) is 0 Å². The van der Waals surface area contributed by atoms with Crippen LogP contribution in [0.2, 0.25) is 5.02 Å². The van der Waals surface area contributed by atoms with E-state index >= 15 is 0 Å². The molecular weight excluding hydrogens is 442 g/mol. The number of likely N-dealkylation sites (tertiary alicyclic amines) is 1. The highest BCUT2D eigenvalue weighted by molar-refractivity contribution is 6.33. The molecule has 2 aromatic carbocycles. The van der Waals surface area contributed by atoms with Gasteiger partial charge in [0.05, 0.1) is 17.7 Å². The molecule has 2 aliphatic heterocycles. The molecule has 2 atom stereocenters. The van der Waals surface area contributed by atoms with Crippen LogP contribution in [0.25, 0.3) is 11.1 Å². The first-order valence-electron chi connectivity index (χ1n) is 11.5. The Morgan fingerprint density at radius 1 is 1.18 bits per heavy atom. The van der Waals surface area contributed by atoms with Crippen LogP contribution in [-0.4, -0.2) is 54.8 Å². The van der Waals surface area contributed by atoms with E-state index in [1.54, 1.807) is 6.07 Å². The number of amides is 1. The van der Waals surface area contributed by atoms with Crippen molar-refractivity contribution in [2.45, 2.75) is 44.1 Å². The van der Waals surface area contributed by atoms with Crippen LogP contribution in [0.3, 0.4) is 0 Å². The molecule has 1 saturated carbocycles. The van der Waals surface area contributed by atoms with E-state index in [1.807, 2.05) is 17.0 Å². The van der Waals surface area contributed by atoms with Crippen molar-refractivity contribution in [2.75, 3.05) is 26.8 Å². The molecule has 0 unspecified atom stereocenters. The van der Waals surface area contributed by atoms with Gasteiger partial charge >= 0.3 is 5.97 Å². The van der Waals surface area contributed by atoms with Crippen molar-refractivity contribution >= 4 is 23.5 Å². The van der Waals surface area contributed by atoms with Crippen molar-refractivity contribution in [1.82, 2.24) is 4.90 Å². The lowest BCUT2D eigenvalue weighted by molar-refractivity contribution is -0.142. The topological polar surface area (TPSA) is 76.1 Å². The molecule has 2 heterocycles. The van der Waals surface area contributed by atoms with E-state index in [-0.39, 0.29) is 22.6 Å². The maximum absolute atomic E-state index is 12.6. The number of methoxy groups -OCH3 is 1. The minimum atomic E-state index is -1.03. The third kappa shape index (κ3) is 4.11. The number of halogens is 1. The molecule has 0 radical (unpaired) electrons. The Labute approximate surface area is 198 Å². The highest BCUT2D eigenvalue weighted by atomic mass is 35.5. The molecule has 33 heavy (non-hydrogen) atoms. The first-order chi connectivity index (χ1) is 15.9. The fraction of sp³-hybridized carbons (Fsp3) is 0.462. The zero-order chi connectivity index (χ0) is 23.2. The summed E-state index contributed by atoms with van der Waals surface area (Å²) in [4.78, 5) is 26.1. The summed E-state index contributed by atoms with van der Waals surface area (Å²) < 4.78 is 11.0. The largest absolute Gasteiger partial charge is 0.495 e. The number of ether oxygens (including phenoxy) is 2. The van der Waals surface area contributed by atoms with E-state index in [0.29, 0.717) is 29.3 Å². The fourth-order valence-corrected chi connectivity index (χ4v) is 5.85. The number of carbonyl (C=O) groups excluding carboxylic acids is 1. The molecule has 1 aliphatic carbocycles. The summed E-state index contributed by atoms with van der Waals surface area (Å²) in [5, 5.41) is 9.67. The number of carbonyl (C=O) groups is 2. The number of carboxylic acid groups (broad SMARTS) is 1. The van der Waals surface area contributed by atoms with Crippen LogP contribution in [0.5, 0.6) is 5.75 Å². The molecule has 2 saturated heterocycles. The van der Waals surface area contributed by atoms with Crippen molar-refractivity contribution in [2.24, 2.45) is 5.41 Å². The van der Waals surface area contributed by atoms with E-state index in [2.05, 4.69) is 12.1 Å². The SMILES string of the molecule is COc1c(Cl)cc(C(=O)O)cc1-c1ccc([C@H]2CC23CCN(C(=O)[C@H]2CCCO2)CC3)cc1. The van der Waals surface area contributed by atoms with E-state index in [9.17, 15) is 14.7 Å². The summed E-state index contributed by atoms with van der Waals surface area (Å²) in [6.45, 7) is 2.32. The zero-order valence-electron chi connectivity index (χ0n) is 18.7. The Morgan fingerprint density at radius 2 is 1.91 bits per heavy atom. The molecule has 174 valence electrons. The van der Waals surface area contributed by atoms with E-state index in [1.165, 1.54) is 18.7 Å². The van der Waals surface area contributed by atoms with E-state index in [4.69, 9.17) is 21.1 Å². The lowest BCUT2D eigenvalue weighted by atomic mass is 9.88. The number of rotatable bonds is 5. The summed E-state index contributed by atoms with van der Waals surface area (Å²) in [5.74, 6) is 0.115. The minimum Gasteiger partial charge on any atom is -0.495 e. The normalized spacial score (nSPS) is 23.5. The number of hydrogen-bond acceptors (Lipinski definition) is 4. The Kier molecular flexibility index (Phi) is 5.83. The highest BCUT2D eigenvalue weighted by Crippen LogP contribution is 2.65. The highest BCUT2D eigenvalue weighted by Gasteiger charge is 2.55. The molecule has 6 nitrogen and oxygen atoms in total. The van der Waals surface area contributed by atoms with Crippen molar-refractivity contribution in [1.29, 1.82) is 0 Å². The van der Waals surface area contributed by atoms with Gasteiger partial charge in [0.15, 0.2) is 0 Å². The summed E-state index contributed by atoms with van der Waals surface area (Å²) in [5.41, 5.74) is 3.24. The number of piperidine rings is 1. The van der Waals surface area contributed by atoms with Gasteiger partial charge in [0, 0.05) is 25.3 Å². The molecular formula is C26H28ClNO5. The smallest absolute Gasteiger partial charge is 0.335 e. The predicted octanol–water partition coefficient (Wildman–Crippen LogP) is 4.99. The Hall–Kier alpha value is -2.57. The Bertz CT molecular complexity index is 1070. The summed E-state index contributed by atoms with van der Waals surface area (Å²) in [7, 11) is 1.53. The predicted molar refractivity (Wildman–Crippen MR) is 125 cm³/mol. The van der Waals surface area contributed by atoms with Crippen LogP contribution in [-0.2, 0) is 9.53 Å². The van der Waals surface area contributed by atoms with Gasteiger partial charge in [-0.05, 0) is 66.7 Å². The van der Waals surface area contributed by atoms with Gasteiger partial charge in [0.2, 0.25) is 0 Å². The quantitative estimate of drug-likeness (QED) is 0.667. The van der Waals surface area contributed by atoms with Crippen LogP contribution in [0.15, 0.2) is 36.4 Å². The van der Waals surface area contributed by atoms with Gasteiger partial charge in [-0.25, -0.2) is 4.79 Å². The van der Waals surface area contributed by atoms with Gasteiger partial charge < -0.3 is 19.5 Å². The molecule has 0 aromatic heterocycles. The third-order valence-electron chi connectivity index (χ3n) is 7.58. The minimum absolute atomic E-state index is 0.130. The molecule has 5 rings (SSSR count). The van der Waals surface area contributed by atoms with Crippen LogP contribution >= 0.6 is 11.6 Å². The van der Waals surface area contributed by atoms with E-state index in [0.717, 1.165) is 50.8 Å². The summed E-state index contributed by atoms with van der Waals surface area (Å²) in [6, 6.07) is 11.3. The van der Waals surface area contributed by atoms with Crippen molar-refractivity contribution in [3.05, 3.63) is 52.5 Å². The van der Waals surface area contributed by atoms with E-state index < -0.39 is 5.97 Å². The molecule has 7 heteroatoms. The molecule has 0 bridgehead atoms. The number of aromatic carboxylic acids is 1. The monoisotopic (exact) mass is 469 g/mol. The molecule has 3 fully saturated rings. The van der Waals surface area contributed by atoms with Crippen LogP contribution in [0.1, 0.15) is 53.9 Å². The van der Waals surface area contributed by atoms with Gasteiger partial charge in [-0.15, -0.1) is 0 Å². The van der Waals surface area contributed by atoms with Gasteiger partial charge in [0.1, 0.15) is 11.9 Å². The maximum atomic E-state index is 12.6. The zero-order valence-corrected chi connectivity index (χ0v) is 19.4. The second-order valence-corrected chi connectivity index (χ2v) is 9.82. The number of nitrogens with zero attached hydrogens (tertiary/aromatic N) is 1. The van der Waals surface area contributed by atoms with Crippen LogP contribution < -0.4 is 4.74 Å². The number of hydrogen-bond donors (Lipinski definition) is 1. The molecule has 1 N–H and O–H groups in total. The lowest BCUT2D eigenvalue weighted by Gasteiger charge is -2.34. The average Bonchev–Trinajstić information content (AvgIpc) is 3.24.